The van der Waals surface area contributed by atoms with E-state index in [4.69, 9.17) is 4.52 Å². The summed E-state index contributed by atoms with van der Waals surface area (Å²) in [5.41, 5.74) is -0.0406. The van der Waals surface area contributed by atoms with Crippen molar-refractivity contribution in [3.05, 3.63) is 54.2 Å². The van der Waals surface area contributed by atoms with Crippen molar-refractivity contribution in [3.8, 4) is 11.4 Å². The first-order valence-corrected chi connectivity index (χ1v) is 7.77. The van der Waals surface area contributed by atoms with Crippen LogP contribution in [0.3, 0.4) is 0 Å². The maximum Gasteiger partial charge on any atom is 0.266 e. The zero-order chi connectivity index (χ0) is 16.6. The largest absolute Gasteiger partial charge is 0.337 e. The third-order valence-corrected chi connectivity index (χ3v) is 4.13. The number of alkyl halides is 1. The van der Waals surface area contributed by atoms with Gasteiger partial charge in [-0.15, -0.1) is 0 Å². The number of hydrogen-bond donors (Lipinski definition) is 0. The van der Waals surface area contributed by atoms with E-state index in [1.807, 2.05) is 43.3 Å². The molecule has 3 aromatic rings. The third-order valence-electron chi connectivity index (χ3n) is 4.13. The van der Waals surface area contributed by atoms with Crippen LogP contribution in [-0.4, -0.2) is 33.2 Å². The Morgan fingerprint density at radius 3 is 2.79 bits per heavy atom. The quantitative estimate of drug-likeness (QED) is 0.737. The summed E-state index contributed by atoms with van der Waals surface area (Å²) in [6.45, 7) is 2.49. The van der Waals surface area contributed by atoms with Crippen LogP contribution in [0.1, 0.15) is 18.0 Å². The maximum absolute atomic E-state index is 15.3. The second kappa shape index (κ2) is 5.67. The van der Waals surface area contributed by atoms with Crippen molar-refractivity contribution >= 4 is 5.95 Å². The summed E-state index contributed by atoms with van der Waals surface area (Å²) in [6, 6.07) is 11.2. The lowest BCUT2D eigenvalue weighted by Crippen LogP contribution is -2.28. The molecule has 1 saturated heterocycles. The van der Waals surface area contributed by atoms with E-state index in [9.17, 15) is 0 Å². The summed E-state index contributed by atoms with van der Waals surface area (Å²) >= 11 is 0. The summed E-state index contributed by atoms with van der Waals surface area (Å²) in [5.74, 6) is 0.932. The van der Waals surface area contributed by atoms with Crippen LogP contribution in [0.5, 0.6) is 0 Å². The number of halogens is 1. The molecule has 0 spiro atoms. The predicted molar refractivity (Wildman–Crippen MR) is 86.1 cm³/mol. The molecule has 0 bridgehead atoms. The summed E-state index contributed by atoms with van der Waals surface area (Å²) in [7, 11) is 0. The van der Waals surface area contributed by atoms with Crippen LogP contribution in [0.15, 0.2) is 47.1 Å². The zero-order valence-electron chi connectivity index (χ0n) is 13.2. The van der Waals surface area contributed by atoms with Gasteiger partial charge in [0.05, 0.1) is 6.54 Å². The van der Waals surface area contributed by atoms with Gasteiger partial charge in [-0.25, -0.2) is 14.4 Å². The Hall–Kier alpha value is -2.83. The zero-order valence-corrected chi connectivity index (χ0v) is 13.2. The molecule has 7 heteroatoms. The molecule has 0 radical (unpaired) electrons. The van der Waals surface area contributed by atoms with E-state index in [0.717, 1.165) is 11.3 Å². The fourth-order valence-corrected chi connectivity index (χ4v) is 2.82. The molecular formula is C17H16FN5O. The lowest BCUT2D eigenvalue weighted by molar-refractivity contribution is 0.136. The van der Waals surface area contributed by atoms with E-state index in [-0.39, 0.29) is 18.9 Å². The van der Waals surface area contributed by atoms with Gasteiger partial charge in [-0.3, -0.25) is 0 Å². The average Bonchev–Trinajstić information content (AvgIpc) is 3.24. The normalized spacial score (nSPS) is 20.5. The summed E-state index contributed by atoms with van der Waals surface area (Å²) in [6.07, 6.45) is 1.94. The van der Waals surface area contributed by atoms with Crippen LogP contribution in [0.25, 0.3) is 11.4 Å². The Labute approximate surface area is 138 Å². The van der Waals surface area contributed by atoms with Crippen molar-refractivity contribution in [2.45, 2.75) is 19.0 Å². The van der Waals surface area contributed by atoms with Crippen LogP contribution in [0, 0.1) is 6.92 Å². The third kappa shape index (κ3) is 2.62. The highest BCUT2D eigenvalue weighted by atomic mass is 19.1. The first-order valence-electron chi connectivity index (χ1n) is 7.77. The van der Waals surface area contributed by atoms with Gasteiger partial charge in [0.2, 0.25) is 17.4 Å². The molecule has 1 atom stereocenters. The van der Waals surface area contributed by atoms with Crippen LogP contribution in [-0.2, 0) is 5.67 Å². The predicted octanol–water partition coefficient (Wildman–Crippen LogP) is 2.91. The van der Waals surface area contributed by atoms with Crippen molar-refractivity contribution in [1.29, 1.82) is 0 Å². The SMILES string of the molecule is Cc1ccnc(N2CCC(F)(c3nc(-c4ccccc4)no3)C2)n1. The number of benzene rings is 1. The van der Waals surface area contributed by atoms with E-state index in [1.165, 1.54) is 0 Å². The Morgan fingerprint density at radius 1 is 1.17 bits per heavy atom. The topological polar surface area (TPSA) is 67.9 Å². The fraction of sp³-hybridized carbons (Fsp3) is 0.294. The van der Waals surface area contributed by atoms with Gasteiger partial charge in [0.25, 0.3) is 5.89 Å². The van der Waals surface area contributed by atoms with Crippen molar-refractivity contribution in [1.82, 2.24) is 20.1 Å². The molecule has 1 aliphatic rings. The minimum absolute atomic E-state index is 0.0107. The number of hydrogen-bond acceptors (Lipinski definition) is 6. The molecule has 1 fully saturated rings. The average molecular weight is 325 g/mol. The minimum Gasteiger partial charge on any atom is -0.337 e. The van der Waals surface area contributed by atoms with Gasteiger partial charge in [-0.05, 0) is 13.0 Å². The Morgan fingerprint density at radius 2 is 2.00 bits per heavy atom. The molecule has 1 aromatic carbocycles. The van der Waals surface area contributed by atoms with Gasteiger partial charge in [0.1, 0.15) is 0 Å². The second-order valence-electron chi connectivity index (χ2n) is 5.92. The van der Waals surface area contributed by atoms with E-state index in [1.54, 1.807) is 11.1 Å². The van der Waals surface area contributed by atoms with Crippen LogP contribution < -0.4 is 4.90 Å². The lowest BCUT2D eigenvalue weighted by atomic mass is 10.1. The standard InChI is InChI=1S/C17H16FN5O/c1-12-7-9-19-16(20-12)23-10-8-17(18,11-23)15-21-14(22-24-15)13-5-3-2-4-6-13/h2-7,9H,8,10-11H2,1H3. The van der Waals surface area contributed by atoms with Crippen molar-refractivity contribution in [3.63, 3.8) is 0 Å². The Kier molecular flexibility index (Phi) is 3.48. The van der Waals surface area contributed by atoms with Crippen molar-refractivity contribution in [2.75, 3.05) is 18.0 Å². The van der Waals surface area contributed by atoms with Gasteiger partial charge >= 0.3 is 0 Å². The smallest absolute Gasteiger partial charge is 0.266 e. The molecule has 1 unspecified atom stereocenters. The van der Waals surface area contributed by atoms with Crippen LogP contribution >= 0.6 is 0 Å². The molecule has 0 amide bonds. The fourth-order valence-electron chi connectivity index (χ4n) is 2.82. The number of anilines is 1. The monoisotopic (exact) mass is 325 g/mol. The molecule has 4 rings (SSSR count). The molecule has 0 aliphatic carbocycles. The highest BCUT2D eigenvalue weighted by molar-refractivity contribution is 5.53. The van der Waals surface area contributed by atoms with Crippen LogP contribution in [0.2, 0.25) is 0 Å². The van der Waals surface area contributed by atoms with E-state index < -0.39 is 5.67 Å². The summed E-state index contributed by atoms with van der Waals surface area (Å²) < 4.78 is 20.5. The first kappa shape index (κ1) is 14.7. The molecule has 24 heavy (non-hydrogen) atoms. The molecule has 122 valence electrons. The van der Waals surface area contributed by atoms with Gasteiger partial charge in [-0.1, -0.05) is 35.5 Å². The Balaban J connectivity index is 1.58. The first-order chi connectivity index (χ1) is 11.6. The maximum atomic E-state index is 15.3. The molecule has 1 aliphatic heterocycles. The lowest BCUT2D eigenvalue weighted by Gasteiger charge is -2.17. The highest BCUT2D eigenvalue weighted by Crippen LogP contribution is 2.37. The van der Waals surface area contributed by atoms with Crippen molar-refractivity contribution in [2.24, 2.45) is 0 Å². The molecule has 3 heterocycles. The molecular weight excluding hydrogens is 309 g/mol. The van der Waals surface area contributed by atoms with Crippen molar-refractivity contribution < 1.29 is 8.91 Å². The van der Waals surface area contributed by atoms with Gasteiger partial charge < -0.3 is 9.42 Å². The number of aromatic nitrogens is 4. The van der Waals surface area contributed by atoms with E-state index in [2.05, 4.69) is 20.1 Å². The summed E-state index contributed by atoms with van der Waals surface area (Å²) in [4.78, 5) is 14.6. The minimum atomic E-state index is -1.69. The highest BCUT2D eigenvalue weighted by Gasteiger charge is 2.45. The van der Waals surface area contributed by atoms with E-state index in [0.29, 0.717) is 18.3 Å². The van der Waals surface area contributed by atoms with Gasteiger partial charge in [-0.2, -0.15) is 4.98 Å². The second-order valence-corrected chi connectivity index (χ2v) is 5.92. The number of aryl methyl sites for hydroxylation is 1. The van der Waals surface area contributed by atoms with Gasteiger partial charge in [0.15, 0.2) is 0 Å². The summed E-state index contributed by atoms with van der Waals surface area (Å²) in [5, 5.41) is 3.91. The molecule has 6 nitrogen and oxygen atoms in total. The molecule has 0 N–H and O–H groups in total. The van der Waals surface area contributed by atoms with E-state index >= 15 is 4.39 Å². The van der Waals surface area contributed by atoms with Crippen LogP contribution in [0.4, 0.5) is 10.3 Å². The molecule has 2 aromatic heterocycles. The van der Waals surface area contributed by atoms with Gasteiger partial charge in [0, 0.05) is 30.4 Å². The Bertz CT molecular complexity index is 853. The number of rotatable bonds is 3. The number of nitrogens with zero attached hydrogens (tertiary/aromatic N) is 5. The molecule has 0 saturated carbocycles.